The Kier molecular flexibility index (Phi) is 7.84. The third-order valence-corrected chi connectivity index (χ3v) is 6.41. The summed E-state index contributed by atoms with van der Waals surface area (Å²) < 4.78 is 12.0. The molecule has 0 saturated carbocycles. The van der Waals surface area contributed by atoms with Gasteiger partial charge in [-0.2, -0.15) is 0 Å². The van der Waals surface area contributed by atoms with E-state index in [1.54, 1.807) is 54.9 Å². The van der Waals surface area contributed by atoms with Gasteiger partial charge in [0, 0.05) is 18.1 Å². The van der Waals surface area contributed by atoms with Crippen molar-refractivity contribution < 1.29 is 23.9 Å². The van der Waals surface area contributed by atoms with Gasteiger partial charge in [-0.05, 0) is 81.3 Å². The molecule has 0 spiro atoms. The maximum absolute atomic E-state index is 12.8. The highest BCUT2D eigenvalue weighted by molar-refractivity contribution is 9.10. The molecular weight excluding hydrogens is 534 g/mol. The summed E-state index contributed by atoms with van der Waals surface area (Å²) in [6.45, 7) is -0.0491. The molecule has 0 atom stereocenters. The van der Waals surface area contributed by atoms with Crippen LogP contribution in [-0.2, 0) is 16.2 Å². The second-order valence-corrected chi connectivity index (χ2v) is 9.21. The summed E-state index contributed by atoms with van der Waals surface area (Å²) in [5, 5.41) is 2.17. The first-order valence-electron chi connectivity index (χ1n) is 10.4. The number of anilines is 1. The maximum atomic E-state index is 12.8. The van der Waals surface area contributed by atoms with Crippen molar-refractivity contribution in [3.63, 3.8) is 0 Å². The molecule has 0 bridgehead atoms. The van der Waals surface area contributed by atoms with Gasteiger partial charge in [0.2, 0.25) is 5.91 Å². The zero-order valence-corrected chi connectivity index (χ0v) is 21.0. The number of benzene rings is 2. The Hall–Kier alpha value is -3.63. The van der Waals surface area contributed by atoms with Crippen molar-refractivity contribution in [3.8, 4) is 11.5 Å². The molecule has 0 unspecified atom stereocenters. The number of aromatic nitrogens is 1. The first-order valence-corrected chi connectivity index (χ1v) is 12.0. The molecule has 1 N–H and O–H groups in total. The molecule has 1 aromatic heterocycles. The van der Waals surface area contributed by atoms with Gasteiger partial charge in [0.25, 0.3) is 11.1 Å². The molecule has 0 radical (unpaired) electrons. The average molecular weight is 554 g/mol. The van der Waals surface area contributed by atoms with Crippen LogP contribution in [0.2, 0.25) is 0 Å². The summed E-state index contributed by atoms with van der Waals surface area (Å²) in [6.07, 6.45) is 4.96. The van der Waals surface area contributed by atoms with Crippen molar-refractivity contribution in [2.75, 3.05) is 19.0 Å². The highest BCUT2D eigenvalue weighted by atomic mass is 79.9. The quantitative estimate of drug-likeness (QED) is 0.387. The predicted octanol–water partition coefficient (Wildman–Crippen LogP) is 5.11. The van der Waals surface area contributed by atoms with E-state index < -0.39 is 17.1 Å². The fourth-order valence-corrected chi connectivity index (χ4v) is 4.66. The van der Waals surface area contributed by atoms with Crippen LogP contribution in [0.3, 0.4) is 0 Å². The number of carbonyl (C=O) groups is 3. The van der Waals surface area contributed by atoms with Crippen LogP contribution in [0.25, 0.3) is 6.08 Å². The first-order chi connectivity index (χ1) is 16.9. The lowest BCUT2D eigenvalue weighted by atomic mass is 10.1. The second-order valence-electron chi connectivity index (χ2n) is 7.36. The molecule has 3 amide bonds. The number of methoxy groups -OCH3 is 1. The summed E-state index contributed by atoms with van der Waals surface area (Å²) in [6, 6.07) is 16.0. The van der Waals surface area contributed by atoms with Gasteiger partial charge in [-0.25, -0.2) is 0 Å². The number of imide groups is 1. The summed E-state index contributed by atoms with van der Waals surface area (Å²) in [5.41, 5.74) is 2.16. The largest absolute Gasteiger partial charge is 0.493 e. The number of nitrogens with zero attached hydrogens (tertiary/aromatic N) is 2. The van der Waals surface area contributed by atoms with Gasteiger partial charge in [0.15, 0.2) is 11.5 Å². The SMILES string of the molecule is COc1cc(/C=C2\SC(=O)N(CC(=O)Nc3ccccc3)C2=O)cc(Br)c1OCc1ccncc1. The molecule has 10 heteroatoms. The number of ether oxygens (including phenoxy) is 2. The van der Waals surface area contributed by atoms with Crippen molar-refractivity contribution in [1.82, 2.24) is 9.88 Å². The van der Waals surface area contributed by atoms with Gasteiger partial charge < -0.3 is 14.8 Å². The van der Waals surface area contributed by atoms with E-state index in [-0.39, 0.29) is 11.4 Å². The van der Waals surface area contributed by atoms with Gasteiger partial charge in [-0.15, -0.1) is 0 Å². The van der Waals surface area contributed by atoms with E-state index in [4.69, 9.17) is 9.47 Å². The smallest absolute Gasteiger partial charge is 0.294 e. The van der Waals surface area contributed by atoms with Crippen LogP contribution in [0, 0.1) is 0 Å². The number of para-hydroxylation sites is 1. The second kappa shape index (κ2) is 11.2. The standard InChI is InChI=1S/C25H20BrN3O5S/c1-33-20-12-17(11-19(26)23(20)34-15-16-7-9-27-10-8-16)13-21-24(31)29(25(32)35-21)14-22(30)28-18-5-3-2-4-6-18/h2-13H,14-15H2,1H3,(H,28,30)/b21-13-. The van der Waals surface area contributed by atoms with Crippen molar-refractivity contribution in [2.45, 2.75) is 6.61 Å². The molecule has 1 aliphatic heterocycles. The van der Waals surface area contributed by atoms with E-state index in [2.05, 4.69) is 26.2 Å². The van der Waals surface area contributed by atoms with Crippen molar-refractivity contribution in [2.24, 2.45) is 0 Å². The minimum Gasteiger partial charge on any atom is -0.493 e. The number of pyridine rings is 1. The fraction of sp³-hybridized carbons (Fsp3) is 0.120. The molecule has 8 nitrogen and oxygen atoms in total. The summed E-state index contributed by atoms with van der Waals surface area (Å²) in [4.78, 5) is 42.7. The van der Waals surface area contributed by atoms with Crippen LogP contribution in [0.5, 0.6) is 11.5 Å². The number of carbonyl (C=O) groups excluding carboxylic acids is 3. The Labute approximate surface area is 214 Å². The lowest BCUT2D eigenvalue weighted by Gasteiger charge is -2.14. The number of amides is 3. The Bertz CT molecular complexity index is 1290. The van der Waals surface area contributed by atoms with Crippen molar-refractivity contribution in [3.05, 3.63) is 87.5 Å². The van der Waals surface area contributed by atoms with Crippen LogP contribution in [0.4, 0.5) is 10.5 Å². The van der Waals surface area contributed by atoms with Crippen LogP contribution < -0.4 is 14.8 Å². The Morgan fingerprint density at radius 1 is 1.14 bits per heavy atom. The third kappa shape index (κ3) is 6.09. The molecular formula is C25H20BrN3O5S. The number of rotatable bonds is 8. The monoisotopic (exact) mass is 553 g/mol. The topological polar surface area (TPSA) is 97.8 Å². The number of nitrogens with one attached hydrogen (secondary N) is 1. The van der Waals surface area contributed by atoms with Crippen LogP contribution in [0.15, 0.2) is 76.4 Å². The zero-order valence-electron chi connectivity index (χ0n) is 18.6. The van der Waals surface area contributed by atoms with Crippen molar-refractivity contribution >= 4 is 56.5 Å². The van der Waals surface area contributed by atoms with E-state index >= 15 is 0 Å². The highest BCUT2D eigenvalue weighted by Crippen LogP contribution is 2.39. The van der Waals surface area contributed by atoms with E-state index in [1.807, 2.05) is 18.2 Å². The molecule has 1 saturated heterocycles. The van der Waals surface area contributed by atoms with E-state index in [1.165, 1.54) is 7.11 Å². The highest BCUT2D eigenvalue weighted by Gasteiger charge is 2.36. The zero-order chi connectivity index (χ0) is 24.8. The van der Waals surface area contributed by atoms with Crippen LogP contribution in [0.1, 0.15) is 11.1 Å². The molecule has 3 aromatic rings. The fourth-order valence-electron chi connectivity index (χ4n) is 3.25. The van der Waals surface area contributed by atoms with Gasteiger partial charge in [0.05, 0.1) is 16.5 Å². The van der Waals surface area contributed by atoms with Gasteiger partial charge in [-0.1, -0.05) is 18.2 Å². The molecule has 4 rings (SSSR count). The summed E-state index contributed by atoms with van der Waals surface area (Å²) >= 11 is 4.28. The van der Waals surface area contributed by atoms with E-state index in [9.17, 15) is 14.4 Å². The van der Waals surface area contributed by atoms with Gasteiger partial charge >= 0.3 is 0 Å². The lowest BCUT2D eigenvalue weighted by Crippen LogP contribution is -2.36. The Morgan fingerprint density at radius 2 is 1.89 bits per heavy atom. The number of thioether (sulfide) groups is 1. The first kappa shape index (κ1) is 24.5. The van der Waals surface area contributed by atoms with Crippen LogP contribution in [-0.4, -0.2) is 40.6 Å². The van der Waals surface area contributed by atoms with E-state index in [0.29, 0.717) is 33.8 Å². The Morgan fingerprint density at radius 3 is 2.60 bits per heavy atom. The molecule has 2 aromatic carbocycles. The number of hydrogen-bond acceptors (Lipinski definition) is 7. The average Bonchev–Trinajstić information content (AvgIpc) is 3.11. The third-order valence-electron chi connectivity index (χ3n) is 4.91. The molecule has 1 fully saturated rings. The van der Waals surface area contributed by atoms with Crippen molar-refractivity contribution in [1.29, 1.82) is 0 Å². The number of halogens is 1. The Balaban J connectivity index is 1.47. The number of hydrogen-bond donors (Lipinski definition) is 1. The molecule has 35 heavy (non-hydrogen) atoms. The molecule has 0 aliphatic carbocycles. The minimum atomic E-state index is -0.531. The maximum Gasteiger partial charge on any atom is 0.294 e. The molecule has 2 heterocycles. The minimum absolute atomic E-state index is 0.210. The van der Waals surface area contributed by atoms with E-state index in [0.717, 1.165) is 22.2 Å². The molecule has 178 valence electrons. The normalized spacial score (nSPS) is 14.3. The summed E-state index contributed by atoms with van der Waals surface area (Å²) in [5.74, 6) is -0.0236. The van der Waals surface area contributed by atoms with Crippen LogP contribution >= 0.6 is 27.7 Å². The predicted molar refractivity (Wildman–Crippen MR) is 137 cm³/mol. The molecule has 1 aliphatic rings. The van der Waals surface area contributed by atoms with Gasteiger partial charge in [-0.3, -0.25) is 24.3 Å². The van der Waals surface area contributed by atoms with Gasteiger partial charge in [0.1, 0.15) is 13.2 Å². The lowest BCUT2D eigenvalue weighted by molar-refractivity contribution is -0.127. The summed E-state index contributed by atoms with van der Waals surface area (Å²) in [7, 11) is 1.52.